The van der Waals surface area contributed by atoms with Crippen molar-refractivity contribution in [2.24, 2.45) is 0 Å². The van der Waals surface area contributed by atoms with Crippen molar-refractivity contribution in [1.29, 1.82) is 0 Å². The zero-order valence-corrected chi connectivity index (χ0v) is 8.18. The summed E-state index contributed by atoms with van der Waals surface area (Å²) >= 11 is 0. The molecule has 0 spiro atoms. The molecule has 1 heterocycles. The number of aromatic amines is 1. The van der Waals surface area contributed by atoms with Crippen molar-refractivity contribution in [2.45, 2.75) is 13.0 Å². The van der Waals surface area contributed by atoms with E-state index in [9.17, 15) is 10.2 Å². The van der Waals surface area contributed by atoms with E-state index in [0.717, 1.165) is 0 Å². The summed E-state index contributed by atoms with van der Waals surface area (Å²) in [6.45, 7) is 1.60. The first kappa shape index (κ1) is 9.67. The second-order valence-corrected chi connectivity index (χ2v) is 3.25. The van der Waals surface area contributed by atoms with E-state index in [-0.39, 0.29) is 5.75 Å². The Morgan fingerprint density at radius 2 is 2.00 bits per heavy atom. The molecule has 1 unspecified atom stereocenters. The second-order valence-electron chi connectivity index (χ2n) is 3.25. The summed E-state index contributed by atoms with van der Waals surface area (Å²) in [4.78, 5) is 0. The van der Waals surface area contributed by atoms with E-state index in [4.69, 9.17) is 0 Å². The van der Waals surface area contributed by atoms with Crippen molar-refractivity contribution in [1.82, 2.24) is 15.4 Å². The molecule has 78 valence electrons. The van der Waals surface area contributed by atoms with Crippen LogP contribution in [0.25, 0.3) is 11.3 Å². The van der Waals surface area contributed by atoms with Gasteiger partial charge in [-0.1, -0.05) is 12.1 Å². The van der Waals surface area contributed by atoms with E-state index in [1.54, 1.807) is 31.2 Å². The van der Waals surface area contributed by atoms with Gasteiger partial charge in [0.05, 0.1) is 6.10 Å². The molecular weight excluding hydrogens is 194 g/mol. The number of aliphatic hydroxyl groups excluding tert-OH is 1. The summed E-state index contributed by atoms with van der Waals surface area (Å²) in [6, 6.07) is 6.80. The van der Waals surface area contributed by atoms with Crippen LogP contribution >= 0.6 is 0 Å². The summed E-state index contributed by atoms with van der Waals surface area (Å²) in [5.74, 6) is 0.119. The average molecular weight is 205 g/mol. The molecule has 0 aliphatic carbocycles. The van der Waals surface area contributed by atoms with Crippen molar-refractivity contribution in [2.75, 3.05) is 0 Å². The van der Waals surface area contributed by atoms with Crippen molar-refractivity contribution in [3.8, 4) is 17.0 Å². The molecule has 0 aliphatic heterocycles. The standard InChI is InChI=1S/C10H11N3O2/c1-6(14)9-10(12-13-11-9)7-4-2-3-5-8(7)15/h2-6,14-15H,1H3,(H,11,12,13). The fourth-order valence-electron chi connectivity index (χ4n) is 1.40. The van der Waals surface area contributed by atoms with Gasteiger partial charge in [0, 0.05) is 5.56 Å². The van der Waals surface area contributed by atoms with Crippen LogP contribution in [-0.2, 0) is 0 Å². The summed E-state index contributed by atoms with van der Waals surface area (Å²) in [7, 11) is 0. The molecule has 1 aromatic heterocycles. The predicted molar refractivity (Wildman–Crippen MR) is 54.1 cm³/mol. The number of aliphatic hydroxyl groups is 1. The van der Waals surface area contributed by atoms with Gasteiger partial charge in [-0.05, 0) is 19.1 Å². The Labute approximate surface area is 86.4 Å². The molecule has 0 amide bonds. The smallest absolute Gasteiger partial charge is 0.125 e. The Morgan fingerprint density at radius 3 is 2.67 bits per heavy atom. The highest BCUT2D eigenvalue weighted by Gasteiger charge is 2.16. The third-order valence-corrected chi connectivity index (χ3v) is 2.13. The van der Waals surface area contributed by atoms with Crippen LogP contribution in [0.2, 0.25) is 0 Å². The first-order valence-corrected chi connectivity index (χ1v) is 4.57. The van der Waals surface area contributed by atoms with E-state index >= 15 is 0 Å². The SMILES string of the molecule is CC(O)c1n[nH]nc1-c1ccccc1O. The van der Waals surface area contributed by atoms with E-state index in [0.29, 0.717) is 17.0 Å². The molecule has 0 saturated heterocycles. The number of phenols is 1. The number of nitrogens with zero attached hydrogens (tertiary/aromatic N) is 2. The highest BCUT2D eigenvalue weighted by Crippen LogP contribution is 2.30. The lowest BCUT2D eigenvalue weighted by molar-refractivity contribution is 0.195. The lowest BCUT2D eigenvalue weighted by atomic mass is 10.1. The van der Waals surface area contributed by atoms with Gasteiger partial charge in [0.2, 0.25) is 0 Å². The van der Waals surface area contributed by atoms with Crippen LogP contribution in [0.15, 0.2) is 24.3 Å². The van der Waals surface area contributed by atoms with Crippen LogP contribution in [0.5, 0.6) is 5.75 Å². The molecule has 0 radical (unpaired) electrons. The molecule has 15 heavy (non-hydrogen) atoms. The van der Waals surface area contributed by atoms with Gasteiger partial charge in [-0.15, -0.1) is 0 Å². The van der Waals surface area contributed by atoms with E-state index < -0.39 is 6.10 Å². The molecule has 2 rings (SSSR count). The molecule has 1 aromatic carbocycles. The fraction of sp³-hybridized carbons (Fsp3) is 0.200. The second kappa shape index (κ2) is 3.70. The maximum atomic E-state index is 9.63. The molecule has 0 saturated carbocycles. The molecule has 0 bridgehead atoms. The number of H-pyrrole nitrogens is 1. The van der Waals surface area contributed by atoms with Gasteiger partial charge < -0.3 is 10.2 Å². The van der Waals surface area contributed by atoms with E-state index in [1.807, 2.05) is 0 Å². The Hall–Kier alpha value is -1.88. The molecule has 0 aliphatic rings. The molecular formula is C10H11N3O2. The Morgan fingerprint density at radius 1 is 1.27 bits per heavy atom. The quantitative estimate of drug-likeness (QED) is 0.688. The third-order valence-electron chi connectivity index (χ3n) is 2.13. The monoisotopic (exact) mass is 205 g/mol. The first-order chi connectivity index (χ1) is 7.20. The molecule has 3 N–H and O–H groups in total. The average Bonchev–Trinajstić information content (AvgIpc) is 2.67. The predicted octanol–water partition coefficient (Wildman–Crippen LogP) is 1.23. The maximum absolute atomic E-state index is 9.63. The minimum Gasteiger partial charge on any atom is -0.507 e. The molecule has 1 atom stereocenters. The van der Waals surface area contributed by atoms with Gasteiger partial charge in [0.25, 0.3) is 0 Å². The van der Waals surface area contributed by atoms with Gasteiger partial charge in [0.15, 0.2) is 0 Å². The minimum absolute atomic E-state index is 0.119. The van der Waals surface area contributed by atoms with Gasteiger partial charge in [-0.2, -0.15) is 15.4 Å². The van der Waals surface area contributed by atoms with Crippen LogP contribution < -0.4 is 0 Å². The molecule has 0 fully saturated rings. The summed E-state index contributed by atoms with van der Waals surface area (Å²) in [5.41, 5.74) is 1.46. The van der Waals surface area contributed by atoms with Crippen molar-refractivity contribution in [3.63, 3.8) is 0 Å². The van der Waals surface area contributed by atoms with Crippen LogP contribution in [-0.4, -0.2) is 25.6 Å². The number of nitrogens with one attached hydrogen (secondary N) is 1. The lowest BCUT2D eigenvalue weighted by Gasteiger charge is -2.04. The summed E-state index contributed by atoms with van der Waals surface area (Å²) in [6.07, 6.45) is -0.724. The van der Waals surface area contributed by atoms with Gasteiger partial charge in [-0.3, -0.25) is 0 Å². The van der Waals surface area contributed by atoms with Gasteiger partial charge >= 0.3 is 0 Å². The van der Waals surface area contributed by atoms with Gasteiger partial charge in [-0.25, -0.2) is 0 Å². The van der Waals surface area contributed by atoms with Crippen LogP contribution in [0.3, 0.4) is 0 Å². The van der Waals surface area contributed by atoms with Crippen molar-refractivity contribution < 1.29 is 10.2 Å². The zero-order valence-electron chi connectivity index (χ0n) is 8.18. The topological polar surface area (TPSA) is 82.0 Å². The van der Waals surface area contributed by atoms with Crippen molar-refractivity contribution >= 4 is 0 Å². The van der Waals surface area contributed by atoms with E-state index in [2.05, 4.69) is 15.4 Å². The zero-order chi connectivity index (χ0) is 10.8. The minimum atomic E-state index is -0.724. The normalized spacial score (nSPS) is 12.7. The number of aromatic hydroxyl groups is 1. The van der Waals surface area contributed by atoms with Crippen molar-refractivity contribution in [3.05, 3.63) is 30.0 Å². The number of rotatable bonds is 2. The Balaban J connectivity index is 2.55. The number of aromatic nitrogens is 3. The molecule has 5 heteroatoms. The number of benzene rings is 1. The number of phenolic OH excluding ortho intramolecular Hbond substituents is 1. The Kier molecular flexibility index (Phi) is 2.39. The number of hydrogen-bond donors (Lipinski definition) is 3. The Bertz CT molecular complexity index is 465. The summed E-state index contributed by atoms with van der Waals surface area (Å²) < 4.78 is 0. The lowest BCUT2D eigenvalue weighted by Crippen LogP contribution is -1.94. The molecule has 2 aromatic rings. The number of hydrogen-bond acceptors (Lipinski definition) is 4. The summed E-state index contributed by atoms with van der Waals surface area (Å²) in [5, 5.41) is 29.2. The van der Waals surface area contributed by atoms with Crippen LogP contribution in [0, 0.1) is 0 Å². The fourth-order valence-corrected chi connectivity index (χ4v) is 1.40. The maximum Gasteiger partial charge on any atom is 0.125 e. The first-order valence-electron chi connectivity index (χ1n) is 4.57. The highest BCUT2D eigenvalue weighted by molar-refractivity contribution is 5.68. The van der Waals surface area contributed by atoms with Crippen LogP contribution in [0.4, 0.5) is 0 Å². The highest BCUT2D eigenvalue weighted by atomic mass is 16.3. The number of para-hydroxylation sites is 1. The molecule has 5 nitrogen and oxygen atoms in total. The third kappa shape index (κ3) is 1.69. The van der Waals surface area contributed by atoms with Gasteiger partial charge in [0.1, 0.15) is 17.1 Å². The largest absolute Gasteiger partial charge is 0.507 e. The van der Waals surface area contributed by atoms with Crippen LogP contribution in [0.1, 0.15) is 18.7 Å². The van der Waals surface area contributed by atoms with E-state index in [1.165, 1.54) is 0 Å².